The number of benzene rings is 1. The minimum absolute atomic E-state index is 0.0195. The molecule has 0 spiro atoms. The van der Waals surface area contributed by atoms with E-state index < -0.39 is 0 Å². The van der Waals surface area contributed by atoms with Crippen LogP contribution in [-0.4, -0.2) is 41.4 Å². The second-order valence-electron chi connectivity index (χ2n) is 7.85. The lowest BCUT2D eigenvalue weighted by atomic mass is 9.89. The molecule has 3 rings (SSSR count). The van der Waals surface area contributed by atoms with Gasteiger partial charge in [0.1, 0.15) is 12.4 Å². The smallest absolute Gasteiger partial charge is 0.244 e. The summed E-state index contributed by atoms with van der Waals surface area (Å²) in [7, 11) is 0. The summed E-state index contributed by atoms with van der Waals surface area (Å²) in [6, 6.07) is 6.69. The molecule has 2 aliphatic heterocycles. The van der Waals surface area contributed by atoms with Gasteiger partial charge in [0.2, 0.25) is 11.8 Å². The maximum Gasteiger partial charge on any atom is 0.244 e. The Hall–Kier alpha value is -1.95. The number of rotatable bonds is 6. The zero-order valence-corrected chi connectivity index (χ0v) is 15.5. The monoisotopic (exact) mass is 361 g/mol. The molecule has 1 aromatic carbocycles. The van der Waals surface area contributed by atoms with E-state index in [2.05, 4.69) is 10.6 Å². The predicted octanol–water partition coefficient (Wildman–Crippen LogP) is 2.92. The van der Waals surface area contributed by atoms with Crippen LogP contribution in [0.1, 0.15) is 46.0 Å². The number of amides is 2. The number of anilines is 1. The molecule has 26 heavy (non-hydrogen) atoms. The first-order chi connectivity index (χ1) is 12.4. The Bertz CT molecular complexity index is 635. The average Bonchev–Trinajstić information content (AvgIpc) is 2.93. The highest BCUT2D eigenvalue weighted by molar-refractivity contribution is 5.94. The Morgan fingerprint density at radius 3 is 2.38 bits per heavy atom. The summed E-state index contributed by atoms with van der Waals surface area (Å²) in [5.74, 6) is -0.162. The molecule has 5 nitrogen and oxygen atoms in total. The predicted molar refractivity (Wildman–Crippen MR) is 99.2 cm³/mol. The Kier molecular flexibility index (Phi) is 5.91. The van der Waals surface area contributed by atoms with Gasteiger partial charge in [-0.2, -0.15) is 0 Å². The van der Waals surface area contributed by atoms with Gasteiger partial charge in [-0.15, -0.1) is 0 Å². The van der Waals surface area contributed by atoms with Crippen molar-refractivity contribution < 1.29 is 14.0 Å². The molecule has 2 aliphatic rings. The van der Waals surface area contributed by atoms with Gasteiger partial charge in [-0.05, 0) is 69.7 Å². The molecule has 0 aliphatic carbocycles. The Labute approximate surface area is 154 Å². The van der Waals surface area contributed by atoms with Crippen molar-refractivity contribution in [3.05, 3.63) is 30.1 Å². The van der Waals surface area contributed by atoms with Crippen molar-refractivity contribution in [1.82, 2.24) is 10.2 Å². The van der Waals surface area contributed by atoms with E-state index in [1.165, 1.54) is 37.1 Å². The molecule has 2 atom stereocenters. The first-order valence-corrected chi connectivity index (χ1v) is 9.51. The zero-order chi connectivity index (χ0) is 18.7. The van der Waals surface area contributed by atoms with Gasteiger partial charge < -0.3 is 15.5 Å². The maximum atomic E-state index is 13.0. The Morgan fingerprint density at radius 2 is 1.81 bits per heavy atom. The Balaban J connectivity index is 1.54. The number of carbonyl (C=O) groups excluding carboxylic acids is 2. The molecule has 2 amide bonds. The quantitative estimate of drug-likeness (QED) is 0.819. The number of fused-ring (bicyclic) bond motifs is 2. The van der Waals surface area contributed by atoms with Crippen LogP contribution >= 0.6 is 0 Å². The maximum absolute atomic E-state index is 13.0. The number of piperidine rings is 1. The van der Waals surface area contributed by atoms with Crippen molar-refractivity contribution in [2.45, 2.75) is 64.1 Å². The van der Waals surface area contributed by atoms with Crippen molar-refractivity contribution in [3.8, 4) is 0 Å². The lowest BCUT2D eigenvalue weighted by Gasteiger charge is -2.32. The van der Waals surface area contributed by atoms with Crippen LogP contribution in [0, 0.1) is 11.7 Å². The summed E-state index contributed by atoms with van der Waals surface area (Å²) in [6.45, 7) is 3.87. The van der Waals surface area contributed by atoms with Gasteiger partial charge in [0.25, 0.3) is 0 Å². The molecular formula is C20H28FN3O2. The summed E-state index contributed by atoms with van der Waals surface area (Å²) in [5, 5.41) is 6.32. The lowest BCUT2D eigenvalue weighted by molar-refractivity contribution is -0.137. The molecule has 2 bridgehead atoms. The van der Waals surface area contributed by atoms with E-state index >= 15 is 0 Å². The third-order valence-corrected chi connectivity index (χ3v) is 5.42. The zero-order valence-electron chi connectivity index (χ0n) is 15.5. The van der Waals surface area contributed by atoms with E-state index in [4.69, 9.17) is 0 Å². The van der Waals surface area contributed by atoms with Gasteiger partial charge in [-0.3, -0.25) is 9.59 Å². The second-order valence-corrected chi connectivity index (χ2v) is 7.85. The van der Waals surface area contributed by atoms with E-state index in [9.17, 15) is 14.0 Å². The fraction of sp³-hybridized carbons (Fsp3) is 0.600. The molecule has 2 unspecified atom stereocenters. The molecule has 2 saturated heterocycles. The largest absolute Gasteiger partial charge is 0.331 e. The Morgan fingerprint density at radius 1 is 1.19 bits per heavy atom. The van der Waals surface area contributed by atoms with E-state index in [1.54, 1.807) is 4.90 Å². The van der Waals surface area contributed by atoms with Crippen LogP contribution in [0.3, 0.4) is 0 Å². The minimum atomic E-state index is -0.349. The third kappa shape index (κ3) is 4.81. The van der Waals surface area contributed by atoms with Crippen LogP contribution in [0.15, 0.2) is 24.3 Å². The van der Waals surface area contributed by atoms with Gasteiger partial charge in [0.05, 0.1) is 0 Å². The summed E-state index contributed by atoms with van der Waals surface area (Å²) >= 11 is 0. The first kappa shape index (κ1) is 18.8. The normalized spacial score (nSPS) is 24.5. The van der Waals surface area contributed by atoms with E-state index in [1.807, 2.05) is 13.8 Å². The van der Waals surface area contributed by atoms with Crippen molar-refractivity contribution in [3.63, 3.8) is 0 Å². The number of nitrogens with one attached hydrogen (secondary N) is 2. The van der Waals surface area contributed by atoms with Crippen LogP contribution in [0.4, 0.5) is 10.1 Å². The number of carbonyl (C=O) groups is 2. The van der Waals surface area contributed by atoms with Gasteiger partial charge in [-0.25, -0.2) is 4.39 Å². The van der Waals surface area contributed by atoms with Crippen molar-refractivity contribution >= 4 is 17.5 Å². The molecule has 0 aromatic heterocycles. The number of hydrogen-bond acceptors (Lipinski definition) is 3. The molecule has 142 valence electrons. The second kappa shape index (κ2) is 8.16. The molecule has 2 heterocycles. The van der Waals surface area contributed by atoms with Gasteiger partial charge in [0.15, 0.2) is 0 Å². The summed E-state index contributed by atoms with van der Waals surface area (Å²) < 4.78 is 13.0. The first-order valence-electron chi connectivity index (χ1n) is 9.51. The minimum Gasteiger partial charge on any atom is -0.331 e. The third-order valence-electron chi connectivity index (χ3n) is 5.42. The van der Waals surface area contributed by atoms with Crippen LogP contribution < -0.4 is 10.6 Å². The molecule has 1 aromatic rings. The fourth-order valence-electron chi connectivity index (χ4n) is 4.15. The van der Waals surface area contributed by atoms with E-state index in [0.717, 1.165) is 12.8 Å². The number of nitrogens with zero attached hydrogens (tertiary/aromatic N) is 1. The highest BCUT2D eigenvalue weighted by Gasteiger charge is 2.35. The average molecular weight is 361 g/mol. The molecule has 2 fully saturated rings. The number of halogens is 1. The van der Waals surface area contributed by atoms with Crippen molar-refractivity contribution in [2.24, 2.45) is 5.92 Å². The van der Waals surface area contributed by atoms with E-state index in [-0.39, 0.29) is 30.2 Å². The SMILES string of the molecule is CC(C)N(CC(=O)Nc1ccc(F)cc1)C(=O)CC1CC2CCC(C1)N2. The number of hydrogen-bond donors (Lipinski definition) is 2. The van der Waals surface area contributed by atoms with Crippen molar-refractivity contribution in [2.75, 3.05) is 11.9 Å². The van der Waals surface area contributed by atoms with Gasteiger partial charge in [-0.1, -0.05) is 0 Å². The van der Waals surface area contributed by atoms with Gasteiger partial charge >= 0.3 is 0 Å². The molecule has 0 radical (unpaired) electrons. The van der Waals surface area contributed by atoms with E-state index in [0.29, 0.717) is 30.1 Å². The summed E-state index contributed by atoms with van der Waals surface area (Å²) in [4.78, 5) is 26.8. The molecular weight excluding hydrogens is 333 g/mol. The highest BCUT2D eigenvalue weighted by Crippen LogP contribution is 2.33. The molecule has 2 N–H and O–H groups in total. The summed E-state index contributed by atoms with van der Waals surface area (Å²) in [5.41, 5.74) is 0.530. The van der Waals surface area contributed by atoms with Crippen LogP contribution in [0.25, 0.3) is 0 Å². The molecule has 0 saturated carbocycles. The summed E-state index contributed by atoms with van der Waals surface area (Å²) in [6.07, 6.45) is 5.04. The van der Waals surface area contributed by atoms with Crippen LogP contribution in [-0.2, 0) is 9.59 Å². The fourth-order valence-corrected chi connectivity index (χ4v) is 4.15. The van der Waals surface area contributed by atoms with Crippen LogP contribution in [0.2, 0.25) is 0 Å². The highest BCUT2D eigenvalue weighted by atomic mass is 19.1. The van der Waals surface area contributed by atoms with Gasteiger partial charge in [0, 0.05) is 30.2 Å². The standard InChI is InChI=1S/C20H28FN3O2/c1-13(2)24(12-19(25)23-16-5-3-15(21)4-6-16)20(26)11-14-9-17-7-8-18(10-14)22-17/h3-6,13-14,17-18,22H,7-12H2,1-2H3,(H,23,25). The topological polar surface area (TPSA) is 61.4 Å². The van der Waals surface area contributed by atoms with Crippen molar-refractivity contribution in [1.29, 1.82) is 0 Å². The lowest BCUT2D eigenvalue weighted by Crippen LogP contribution is -2.45. The molecule has 6 heteroatoms. The van der Waals surface area contributed by atoms with Crippen LogP contribution in [0.5, 0.6) is 0 Å².